The number of ether oxygens (including phenoxy) is 1. The highest BCUT2D eigenvalue weighted by molar-refractivity contribution is 5.79. The number of benzene rings is 1. The Morgan fingerprint density at radius 1 is 1.28 bits per heavy atom. The number of carbonyl (C=O) groups is 1. The minimum atomic E-state index is -0.101. The molecule has 1 aromatic heterocycles. The Hall–Kier alpha value is -2.63. The van der Waals surface area contributed by atoms with Crippen molar-refractivity contribution in [2.75, 3.05) is 13.7 Å². The molecular formula is C19H23N3O3. The summed E-state index contributed by atoms with van der Waals surface area (Å²) < 4.78 is 6.71. The van der Waals surface area contributed by atoms with Crippen molar-refractivity contribution in [2.45, 2.75) is 38.6 Å². The maximum absolute atomic E-state index is 12.1. The van der Waals surface area contributed by atoms with Crippen LogP contribution in [0.15, 0.2) is 35.1 Å². The summed E-state index contributed by atoms with van der Waals surface area (Å²) in [6.45, 7) is 0.753. The van der Waals surface area contributed by atoms with Crippen LogP contribution in [-0.4, -0.2) is 29.3 Å². The highest BCUT2D eigenvalue weighted by atomic mass is 16.5. The minimum absolute atomic E-state index is 0.0976. The van der Waals surface area contributed by atoms with Gasteiger partial charge in [-0.1, -0.05) is 18.2 Å². The number of aromatic nitrogens is 2. The van der Waals surface area contributed by atoms with Crippen LogP contribution < -0.4 is 15.6 Å². The molecule has 1 amide bonds. The van der Waals surface area contributed by atoms with Gasteiger partial charge in [-0.15, -0.1) is 0 Å². The lowest BCUT2D eigenvalue weighted by atomic mass is 9.97. The predicted octanol–water partition coefficient (Wildman–Crippen LogP) is 1.49. The van der Waals surface area contributed by atoms with Crippen molar-refractivity contribution in [3.63, 3.8) is 0 Å². The Balaban J connectivity index is 1.56. The summed E-state index contributed by atoms with van der Waals surface area (Å²) in [6, 6.07) is 9.14. The van der Waals surface area contributed by atoms with Crippen LogP contribution in [0.2, 0.25) is 0 Å². The smallest absolute Gasteiger partial charge is 0.267 e. The van der Waals surface area contributed by atoms with Crippen LogP contribution in [0, 0.1) is 0 Å². The maximum atomic E-state index is 12.1. The van der Waals surface area contributed by atoms with E-state index in [1.54, 1.807) is 13.2 Å². The van der Waals surface area contributed by atoms with Gasteiger partial charge in [-0.25, -0.2) is 4.68 Å². The van der Waals surface area contributed by atoms with E-state index in [0.717, 1.165) is 42.5 Å². The molecule has 0 bridgehead atoms. The number of nitrogens with one attached hydrogen (secondary N) is 1. The predicted molar refractivity (Wildman–Crippen MR) is 94.8 cm³/mol. The van der Waals surface area contributed by atoms with Crippen LogP contribution in [-0.2, 0) is 30.6 Å². The number of amides is 1. The van der Waals surface area contributed by atoms with Gasteiger partial charge in [-0.2, -0.15) is 5.10 Å². The summed E-state index contributed by atoms with van der Waals surface area (Å²) in [5, 5.41) is 7.30. The van der Waals surface area contributed by atoms with E-state index < -0.39 is 0 Å². The zero-order valence-electron chi connectivity index (χ0n) is 14.5. The molecule has 0 unspecified atom stereocenters. The number of aryl methyl sites for hydroxylation is 2. The van der Waals surface area contributed by atoms with Gasteiger partial charge in [0.2, 0.25) is 5.91 Å². The molecule has 0 saturated heterocycles. The van der Waals surface area contributed by atoms with Gasteiger partial charge < -0.3 is 10.1 Å². The fourth-order valence-electron chi connectivity index (χ4n) is 3.15. The molecule has 1 heterocycles. The first-order valence-electron chi connectivity index (χ1n) is 8.66. The lowest BCUT2D eigenvalue weighted by molar-refractivity contribution is -0.120. The number of fused-ring (bicyclic) bond motifs is 1. The second-order valence-corrected chi connectivity index (χ2v) is 6.22. The first-order valence-corrected chi connectivity index (χ1v) is 8.66. The molecule has 0 atom stereocenters. The molecule has 3 rings (SSSR count). The standard InChI is InChI=1S/C19H23N3O3/c1-25-17-9-5-3-7-15(17)12-18(23)20-10-11-22-19(24)13-14-6-2-4-8-16(14)21-22/h3,5,7,9,13H,2,4,6,8,10-12H2,1H3,(H,20,23). The first-order chi connectivity index (χ1) is 12.2. The van der Waals surface area contributed by atoms with Crippen LogP contribution in [0.1, 0.15) is 29.7 Å². The second-order valence-electron chi connectivity index (χ2n) is 6.22. The van der Waals surface area contributed by atoms with E-state index in [9.17, 15) is 9.59 Å². The van der Waals surface area contributed by atoms with Gasteiger partial charge in [0.15, 0.2) is 0 Å². The molecule has 25 heavy (non-hydrogen) atoms. The van der Waals surface area contributed by atoms with Crippen LogP contribution in [0.25, 0.3) is 0 Å². The SMILES string of the molecule is COc1ccccc1CC(=O)NCCn1nc2c(cc1=O)CCCC2. The zero-order chi connectivity index (χ0) is 17.6. The van der Waals surface area contributed by atoms with Crippen LogP contribution >= 0.6 is 0 Å². The molecule has 1 aromatic carbocycles. The van der Waals surface area contributed by atoms with Gasteiger partial charge in [0, 0.05) is 18.2 Å². The van der Waals surface area contributed by atoms with Crippen LogP contribution in [0.4, 0.5) is 0 Å². The number of hydrogen-bond donors (Lipinski definition) is 1. The van der Waals surface area contributed by atoms with Crippen molar-refractivity contribution < 1.29 is 9.53 Å². The van der Waals surface area contributed by atoms with Crippen LogP contribution in [0.3, 0.4) is 0 Å². The van der Waals surface area contributed by atoms with Gasteiger partial charge in [-0.05, 0) is 37.3 Å². The Labute approximate surface area is 146 Å². The number of para-hydroxylation sites is 1. The summed E-state index contributed by atoms with van der Waals surface area (Å²) in [4.78, 5) is 24.2. The Kier molecular flexibility index (Phi) is 5.48. The molecule has 132 valence electrons. The van der Waals surface area contributed by atoms with Crippen LogP contribution in [0.5, 0.6) is 5.75 Å². The highest BCUT2D eigenvalue weighted by Gasteiger charge is 2.13. The fraction of sp³-hybridized carbons (Fsp3) is 0.421. The number of methoxy groups -OCH3 is 1. The van der Waals surface area contributed by atoms with Crippen molar-refractivity contribution in [3.8, 4) is 5.75 Å². The van der Waals surface area contributed by atoms with Gasteiger partial charge in [0.1, 0.15) is 5.75 Å². The quantitative estimate of drug-likeness (QED) is 0.864. The summed E-state index contributed by atoms with van der Waals surface area (Å²) >= 11 is 0. The van der Waals surface area contributed by atoms with E-state index in [1.807, 2.05) is 24.3 Å². The van der Waals surface area contributed by atoms with Crippen molar-refractivity contribution in [1.29, 1.82) is 0 Å². The third kappa shape index (κ3) is 4.26. The van der Waals surface area contributed by atoms with Gasteiger partial charge >= 0.3 is 0 Å². The highest BCUT2D eigenvalue weighted by Crippen LogP contribution is 2.18. The van der Waals surface area contributed by atoms with Crippen molar-refractivity contribution in [3.05, 3.63) is 57.5 Å². The number of carbonyl (C=O) groups excluding carboxylic acids is 1. The number of nitrogens with zero attached hydrogens (tertiary/aromatic N) is 2. The second kappa shape index (κ2) is 7.96. The summed E-state index contributed by atoms with van der Waals surface area (Å²) in [5.74, 6) is 0.598. The zero-order valence-corrected chi connectivity index (χ0v) is 14.5. The van der Waals surface area contributed by atoms with Crippen molar-refractivity contribution in [2.24, 2.45) is 0 Å². The molecule has 0 radical (unpaired) electrons. The average molecular weight is 341 g/mol. The Bertz CT molecular complexity index is 814. The largest absolute Gasteiger partial charge is 0.496 e. The van der Waals surface area contributed by atoms with Gasteiger partial charge in [-0.3, -0.25) is 9.59 Å². The van der Waals surface area contributed by atoms with E-state index in [2.05, 4.69) is 10.4 Å². The van der Waals surface area contributed by atoms with Gasteiger partial charge in [0.25, 0.3) is 5.56 Å². The third-order valence-electron chi connectivity index (χ3n) is 4.46. The van der Waals surface area contributed by atoms with E-state index in [4.69, 9.17) is 4.74 Å². The molecular weight excluding hydrogens is 318 g/mol. The fourth-order valence-corrected chi connectivity index (χ4v) is 3.15. The summed E-state index contributed by atoms with van der Waals surface area (Å²) in [5.41, 5.74) is 2.84. The molecule has 6 heteroatoms. The molecule has 0 saturated carbocycles. The van der Waals surface area contributed by atoms with Crippen molar-refractivity contribution in [1.82, 2.24) is 15.1 Å². The molecule has 6 nitrogen and oxygen atoms in total. The molecule has 0 fully saturated rings. The number of hydrogen-bond acceptors (Lipinski definition) is 4. The molecule has 0 spiro atoms. The van der Waals surface area contributed by atoms with Crippen molar-refractivity contribution >= 4 is 5.91 Å². The van der Waals surface area contributed by atoms with E-state index in [1.165, 1.54) is 4.68 Å². The summed E-state index contributed by atoms with van der Waals surface area (Å²) in [7, 11) is 1.59. The normalized spacial score (nSPS) is 13.2. The van der Waals surface area contributed by atoms with E-state index in [0.29, 0.717) is 18.8 Å². The molecule has 2 aromatic rings. The molecule has 1 N–H and O–H groups in total. The average Bonchev–Trinajstić information content (AvgIpc) is 2.62. The lowest BCUT2D eigenvalue weighted by Gasteiger charge is -2.16. The van der Waals surface area contributed by atoms with Gasteiger partial charge in [0.05, 0.1) is 25.8 Å². The maximum Gasteiger partial charge on any atom is 0.267 e. The topological polar surface area (TPSA) is 73.2 Å². The van der Waals surface area contributed by atoms with E-state index >= 15 is 0 Å². The first kappa shape index (κ1) is 17.2. The number of rotatable bonds is 6. The third-order valence-corrected chi connectivity index (χ3v) is 4.46. The summed E-state index contributed by atoms with van der Waals surface area (Å²) in [6.07, 6.45) is 4.35. The Morgan fingerprint density at radius 2 is 2.08 bits per heavy atom. The molecule has 1 aliphatic rings. The molecule has 1 aliphatic carbocycles. The lowest BCUT2D eigenvalue weighted by Crippen LogP contribution is -2.33. The monoisotopic (exact) mass is 341 g/mol. The Morgan fingerprint density at radius 3 is 2.92 bits per heavy atom. The minimum Gasteiger partial charge on any atom is -0.496 e. The molecule has 0 aliphatic heterocycles. The van der Waals surface area contributed by atoms with E-state index in [-0.39, 0.29) is 17.9 Å².